The fourth-order valence-corrected chi connectivity index (χ4v) is 2.93. The van der Waals surface area contributed by atoms with E-state index in [0.717, 1.165) is 12.0 Å². The van der Waals surface area contributed by atoms with Crippen LogP contribution in [0.3, 0.4) is 0 Å². The van der Waals surface area contributed by atoms with Crippen LogP contribution in [0.25, 0.3) is 0 Å². The van der Waals surface area contributed by atoms with Crippen molar-refractivity contribution in [2.75, 3.05) is 19.6 Å². The summed E-state index contributed by atoms with van der Waals surface area (Å²) in [4.78, 5) is 2.14. The summed E-state index contributed by atoms with van der Waals surface area (Å²) in [6, 6.07) is 10.0. The van der Waals surface area contributed by atoms with Crippen molar-refractivity contribution in [3.8, 4) is 0 Å². The van der Waals surface area contributed by atoms with Gasteiger partial charge in [0.1, 0.15) is 0 Å². The highest BCUT2D eigenvalue weighted by Crippen LogP contribution is 2.36. The molecule has 1 unspecified atom stereocenters. The van der Waals surface area contributed by atoms with Crippen molar-refractivity contribution < 1.29 is 13.2 Å². The highest BCUT2D eigenvalue weighted by molar-refractivity contribution is 5.19. The zero-order valence-corrected chi connectivity index (χ0v) is 11.4. The molecule has 0 amide bonds. The molecule has 0 bridgehead atoms. The fourth-order valence-electron chi connectivity index (χ4n) is 2.93. The largest absolute Gasteiger partial charge is 0.391 e. The van der Waals surface area contributed by atoms with Gasteiger partial charge in [-0.3, -0.25) is 4.90 Å². The van der Waals surface area contributed by atoms with Crippen molar-refractivity contribution in [1.82, 2.24) is 4.90 Å². The molecule has 112 valence electrons. The number of nitrogens with two attached hydrogens (primary N) is 1. The van der Waals surface area contributed by atoms with Gasteiger partial charge in [-0.1, -0.05) is 30.3 Å². The minimum Gasteiger partial charge on any atom is -0.330 e. The first kappa shape index (κ1) is 15.3. The summed E-state index contributed by atoms with van der Waals surface area (Å²) in [6.45, 7) is 1.52. The summed E-state index contributed by atoms with van der Waals surface area (Å²) in [5, 5.41) is 0. The van der Waals surface area contributed by atoms with E-state index in [0.29, 0.717) is 19.6 Å². The van der Waals surface area contributed by atoms with Crippen LogP contribution in [0.15, 0.2) is 30.3 Å². The summed E-state index contributed by atoms with van der Waals surface area (Å²) in [7, 11) is 0. The second-order valence-electron chi connectivity index (χ2n) is 5.36. The molecule has 0 radical (unpaired) electrons. The average Bonchev–Trinajstić information content (AvgIpc) is 2.45. The number of alkyl halides is 3. The van der Waals surface area contributed by atoms with Gasteiger partial charge in [-0.15, -0.1) is 0 Å². The molecule has 0 saturated carbocycles. The van der Waals surface area contributed by atoms with Gasteiger partial charge in [0.2, 0.25) is 0 Å². The Morgan fingerprint density at radius 3 is 2.25 bits per heavy atom. The second kappa shape index (κ2) is 6.59. The van der Waals surface area contributed by atoms with Crippen LogP contribution >= 0.6 is 0 Å². The van der Waals surface area contributed by atoms with Crippen LogP contribution in [0.1, 0.15) is 30.9 Å². The predicted octanol–water partition coefficient (Wildman–Crippen LogP) is 3.35. The Balaban J connectivity index is 2.02. The number of hydrogen-bond donors (Lipinski definition) is 1. The van der Waals surface area contributed by atoms with Crippen LogP contribution in [0, 0.1) is 5.92 Å². The Morgan fingerprint density at radius 1 is 1.15 bits per heavy atom. The van der Waals surface area contributed by atoms with Gasteiger partial charge in [0.05, 0.1) is 5.92 Å². The van der Waals surface area contributed by atoms with Crippen LogP contribution in [0.4, 0.5) is 13.2 Å². The van der Waals surface area contributed by atoms with Gasteiger partial charge in [-0.25, -0.2) is 0 Å². The Kier molecular flexibility index (Phi) is 5.05. The van der Waals surface area contributed by atoms with Gasteiger partial charge in [0.25, 0.3) is 0 Å². The molecular weight excluding hydrogens is 265 g/mol. The van der Waals surface area contributed by atoms with E-state index < -0.39 is 12.1 Å². The van der Waals surface area contributed by atoms with Gasteiger partial charge in [-0.2, -0.15) is 13.2 Å². The van der Waals surface area contributed by atoms with Crippen molar-refractivity contribution in [2.24, 2.45) is 11.7 Å². The Bertz CT molecular complexity index is 397. The number of likely N-dealkylation sites (tertiary alicyclic amines) is 1. The molecular formula is C15H21F3N2. The lowest BCUT2D eigenvalue weighted by Gasteiger charge is -2.38. The van der Waals surface area contributed by atoms with E-state index >= 15 is 0 Å². The highest BCUT2D eigenvalue weighted by atomic mass is 19.4. The maximum Gasteiger partial charge on any atom is 0.391 e. The molecule has 5 heteroatoms. The average molecular weight is 286 g/mol. The van der Waals surface area contributed by atoms with E-state index in [1.54, 1.807) is 0 Å². The molecule has 1 fully saturated rings. The van der Waals surface area contributed by atoms with Gasteiger partial charge in [0, 0.05) is 6.04 Å². The summed E-state index contributed by atoms with van der Waals surface area (Å²) in [5.41, 5.74) is 6.81. The maximum absolute atomic E-state index is 12.7. The summed E-state index contributed by atoms with van der Waals surface area (Å²) in [5.74, 6) is -1.15. The van der Waals surface area contributed by atoms with Crippen LogP contribution in [-0.2, 0) is 0 Å². The Labute approximate surface area is 117 Å². The first-order chi connectivity index (χ1) is 9.52. The van der Waals surface area contributed by atoms with E-state index in [1.165, 1.54) is 0 Å². The first-order valence-electron chi connectivity index (χ1n) is 7.08. The lowest BCUT2D eigenvalue weighted by molar-refractivity contribution is -0.186. The van der Waals surface area contributed by atoms with Crippen LogP contribution < -0.4 is 5.73 Å². The van der Waals surface area contributed by atoms with E-state index in [-0.39, 0.29) is 18.9 Å². The number of nitrogens with zero attached hydrogens (tertiary/aromatic N) is 1. The zero-order valence-electron chi connectivity index (χ0n) is 11.4. The normalized spacial score (nSPS) is 20.0. The molecule has 1 aliphatic rings. The van der Waals surface area contributed by atoms with Crippen LogP contribution in [0.5, 0.6) is 0 Å². The molecule has 1 aromatic rings. The first-order valence-corrected chi connectivity index (χ1v) is 7.08. The van der Waals surface area contributed by atoms with Gasteiger partial charge in [-0.05, 0) is 44.5 Å². The van der Waals surface area contributed by atoms with Crippen LogP contribution in [0.2, 0.25) is 0 Å². The molecule has 0 aliphatic carbocycles. The smallest absolute Gasteiger partial charge is 0.330 e. The number of piperidine rings is 1. The van der Waals surface area contributed by atoms with E-state index in [1.807, 2.05) is 30.3 Å². The minimum absolute atomic E-state index is 0.135. The molecule has 20 heavy (non-hydrogen) atoms. The third kappa shape index (κ3) is 3.73. The molecule has 1 atom stereocenters. The van der Waals surface area contributed by atoms with E-state index in [4.69, 9.17) is 5.73 Å². The number of halogens is 3. The second-order valence-corrected chi connectivity index (χ2v) is 5.36. The van der Waals surface area contributed by atoms with Gasteiger partial charge in [0.15, 0.2) is 0 Å². The summed E-state index contributed by atoms with van der Waals surface area (Å²) < 4.78 is 38.1. The monoisotopic (exact) mass is 286 g/mol. The molecule has 0 spiro atoms. The molecule has 2 N–H and O–H groups in total. The number of rotatable bonds is 4. The molecule has 1 saturated heterocycles. The SMILES string of the molecule is NCCC(c1ccccc1)N1CCC(C(F)(F)F)CC1. The van der Waals surface area contributed by atoms with Crippen molar-refractivity contribution in [3.05, 3.63) is 35.9 Å². The molecule has 0 aromatic heterocycles. The third-order valence-corrected chi connectivity index (χ3v) is 4.06. The molecule has 1 aliphatic heterocycles. The number of hydrogen-bond acceptors (Lipinski definition) is 2. The topological polar surface area (TPSA) is 29.3 Å². The number of benzene rings is 1. The lowest BCUT2D eigenvalue weighted by atomic mass is 9.93. The standard InChI is InChI=1S/C15H21F3N2/c16-15(17,18)13-7-10-20(11-8-13)14(6-9-19)12-4-2-1-3-5-12/h1-5,13-14H,6-11,19H2. The minimum atomic E-state index is -4.05. The van der Waals surface area contributed by atoms with Gasteiger partial charge < -0.3 is 5.73 Å². The Hall–Kier alpha value is -1.07. The molecule has 1 heterocycles. The van der Waals surface area contributed by atoms with Crippen molar-refractivity contribution >= 4 is 0 Å². The van der Waals surface area contributed by atoms with E-state index in [9.17, 15) is 13.2 Å². The maximum atomic E-state index is 12.7. The molecule has 1 aromatic carbocycles. The van der Waals surface area contributed by atoms with Crippen molar-refractivity contribution in [1.29, 1.82) is 0 Å². The third-order valence-electron chi connectivity index (χ3n) is 4.06. The molecule has 2 nitrogen and oxygen atoms in total. The fraction of sp³-hybridized carbons (Fsp3) is 0.600. The lowest BCUT2D eigenvalue weighted by Crippen LogP contribution is -2.41. The zero-order chi connectivity index (χ0) is 14.6. The van der Waals surface area contributed by atoms with Gasteiger partial charge >= 0.3 is 6.18 Å². The highest BCUT2D eigenvalue weighted by Gasteiger charge is 2.41. The predicted molar refractivity (Wildman–Crippen MR) is 73.2 cm³/mol. The van der Waals surface area contributed by atoms with Crippen LogP contribution in [-0.4, -0.2) is 30.7 Å². The summed E-state index contributed by atoms with van der Waals surface area (Å²) >= 11 is 0. The van der Waals surface area contributed by atoms with Crippen molar-refractivity contribution in [3.63, 3.8) is 0 Å². The van der Waals surface area contributed by atoms with Crippen molar-refractivity contribution in [2.45, 2.75) is 31.5 Å². The van der Waals surface area contributed by atoms with E-state index in [2.05, 4.69) is 4.90 Å². The summed E-state index contributed by atoms with van der Waals surface area (Å²) in [6.07, 6.45) is -2.89. The molecule has 2 rings (SSSR count). The Morgan fingerprint density at radius 2 is 1.75 bits per heavy atom. The quantitative estimate of drug-likeness (QED) is 0.919.